The summed E-state index contributed by atoms with van der Waals surface area (Å²) in [6, 6.07) is 0. The minimum atomic E-state index is 0.545. The van der Waals surface area contributed by atoms with E-state index in [4.69, 9.17) is 0 Å². The molecule has 0 radical (unpaired) electrons. The van der Waals surface area contributed by atoms with Gasteiger partial charge in [0.15, 0.2) is 0 Å². The average Bonchev–Trinajstić information content (AvgIpc) is 1.78. The summed E-state index contributed by atoms with van der Waals surface area (Å²) < 4.78 is 1.09. The van der Waals surface area contributed by atoms with Crippen molar-refractivity contribution in [1.82, 2.24) is 0 Å². The first-order valence-electron chi connectivity index (χ1n) is 3.62. The van der Waals surface area contributed by atoms with Crippen LogP contribution < -0.4 is 0 Å². The van der Waals surface area contributed by atoms with Crippen LogP contribution in [0.5, 0.6) is 0 Å². The lowest BCUT2D eigenvalue weighted by Gasteiger charge is -2.20. The van der Waals surface area contributed by atoms with Crippen LogP contribution in [0.15, 0.2) is 0 Å². The first-order chi connectivity index (χ1) is 3.91. The summed E-state index contributed by atoms with van der Waals surface area (Å²) in [5.41, 5.74) is 0. The van der Waals surface area contributed by atoms with E-state index >= 15 is 0 Å². The fourth-order valence-corrected chi connectivity index (χ4v) is 3.36. The Morgan fingerprint density at radius 2 is 1.22 bits per heavy atom. The molecule has 1 aliphatic heterocycles. The Morgan fingerprint density at radius 3 is 1.33 bits per heavy atom. The lowest BCUT2D eigenvalue weighted by Crippen LogP contribution is -2.12. The molecule has 54 valence electrons. The highest BCUT2D eigenvalue weighted by atomic mass is 32.2. The van der Waals surface area contributed by atoms with Crippen molar-refractivity contribution in [3.05, 3.63) is 0 Å². The topological polar surface area (TPSA) is 0 Å². The van der Waals surface area contributed by atoms with E-state index < -0.39 is 0 Å². The molecule has 1 heteroatoms. The van der Waals surface area contributed by atoms with Gasteiger partial charge >= 0.3 is 0 Å². The van der Waals surface area contributed by atoms with Crippen molar-refractivity contribution >= 4 is 11.8 Å². The smallest absolute Gasteiger partial charge is 0.0109 e. The lowest BCUT2D eigenvalue weighted by molar-refractivity contribution is 0.591. The Labute approximate surface area is 62.4 Å². The molecule has 0 bridgehead atoms. The lowest BCUT2D eigenvalue weighted by atomic mass is 10.0. The highest BCUT2D eigenvalue weighted by Crippen LogP contribution is 2.49. The fraction of sp³-hybridized carbons (Fsp3) is 1.00. The Morgan fingerprint density at radius 1 is 0.889 bits per heavy atom. The van der Waals surface area contributed by atoms with E-state index in [0.717, 1.165) is 0 Å². The molecule has 0 aliphatic carbocycles. The van der Waals surface area contributed by atoms with E-state index in [1.807, 2.05) is 0 Å². The van der Waals surface area contributed by atoms with Crippen LogP contribution in [0.3, 0.4) is 0 Å². The summed E-state index contributed by atoms with van der Waals surface area (Å²) >= 11 is 2.12. The highest BCUT2D eigenvalue weighted by molar-refractivity contribution is 8.02. The monoisotopic (exact) mass is 144 g/mol. The zero-order valence-corrected chi connectivity index (χ0v) is 7.64. The van der Waals surface area contributed by atoms with Crippen LogP contribution in [-0.4, -0.2) is 9.49 Å². The van der Waals surface area contributed by atoms with Gasteiger partial charge < -0.3 is 0 Å². The highest BCUT2D eigenvalue weighted by Gasteiger charge is 2.36. The van der Waals surface area contributed by atoms with Gasteiger partial charge in [0.2, 0.25) is 0 Å². The van der Waals surface area contributed by atoms with Crippen LogP contribution in [0.1, 0.15) is 40.5 Å². The van der Waals surface area contributed by atoms with Gasteiger partial charge in [-0.1, -0.05) is 27.7 Å². The van der Waals surface area contributed by atoms with Crippen LogP contribution in [0.25, 0.3) is 0 Å². The van der Waals surface area contributed by atoms with E-state index in [1.165, 1.54) is 12.8 Å². The molecule has 1 fully saturated rings. The molecule has 0 amide bonds. The zero-order valence-electron chi connectivity index (χ0n) is 6.82. The van der Waals surface area contributed by atoms with Gasteiger partial charge in [0.05, 0.1) is 0 Å². The second-order valence-corrected chi connectivity index (χ2v) is 6.54. The van der Waals surface area contributed by atoms with Gasteiger partial charge in [-0.3, -0.25) is 0 Å². The number of thioether (sulfide) groups is 1. The van der Waals surface area contributed by atoms with Crippen molar-refractivity contribution in [2.24, 2.45) is 0 Å². The molecule has 0 aromatic rings. The summed E-state index contributed by atoms with van der Waals surface area (Å²) in [7, 11) is 0. The molecule has 1 aliphatic rings. The van der Waals surface area contributed by atoms with Crippen molar-refractivity contribution in [1.29, 1.82) is 0 Å². The second-order valence-electron chi connectivity index (χ2n) is 4.12. The number of hydrogen-bond acceptors (Lipinski definition) is 1. The van der Waals surface area contributed by atoms with E-state index in [1.54, 1.807) is 0 Å². The number of rotatable bonds is 0. The van der Waals surface area contributed by atoms with Crippen LogP contribution in [0.2, 0.25) is 0 Å². The molecular weight excluding hydrogens is 128 g/mol. The molecule has 1 heterocycles. The summed E-state index contributed by atoms with van der Waals surface area (Å²) in [5, 5.41) is 0. The van der Waals surface area contributed by atoms with Crippen molar-refractivity contribution in [2.45, 2.75) is 50.0 Å². The quantitative estimate of drug-likeness (QED) is 0.503. The SMILES string of the molecule is CC1(C)CCC(C)(C)S1. The standard InChI is InChI=1S/C8H16S/c1-7(2)5-6-8(3,4)9-7/h5-6H2,1-4H3. The molecule has 1 rings (SSSR count). The largest absolute Gasteiger partial charge is 0.149 e. The molecule has 0 atom stereocenters. The van der Waals surface area contributed by atoms with Crippen molar-refractivity contribution < 1.29 is 0 Å². The van der Waals surface area contributed by atoms with Gasteiger partial charge in [0, 0.05) is 9.49 Å². The first kappa shape index (κ1) is 7.46. The van der Waals surface area contributed by atoms with Crippen molar-refractivity contribution in [3.8, 4) is 0 Å². The molecule has 0 saturated carbocycles. The van der Waals surface area contributed by atoms with E-state index in [9.17, 15) is 0 Å². The minimum absolute atomic E-state index is 0.545. The van der Waals surface area contributed by atoms with E-state index in [0.29, 0.717) is 9.49 Å². The summed E-state index contributed by atoms with van der Waals surface area (Å²) in [6.07, 6.45) is 2.76. The predicted octanol–water partition coefficient (Wildman–Crippen LogP) is 3.07. The van der Waals surface area contributed by atoms with E-state index in [2.05, 4.69) is 39.5 Å². The second kappa shape index (κ2) is 1.91. The Hall–Kier alpha value is 0.350. The summed E-state index contributed by atoms with van der Waals surface area (Å²) in [4.78, 5) is 0. The van der Waals surface area contributed by atoms with Crippen LogP contribution in [0, 0.1) is 0 Å². The maximum atomic E-state index is 2.34. The normalized spacial score (nSPS) is 30.7. The molecule has 0 aromatic carbocycles. The minimum Gasteiger partial charge on any atom is -0.149 e. The molecule has 0 nitrogen and oxygen atoms in total. The maximum Gasteiger partial charge on any atom is 0.0109 e. The summed E-state index contributed by atoms with van der Waals surface area (Å²) in [5.74, 6) is 0. The van der Waals surface area contributed by atoms with Crippen LogP contribution >= 0.6 is 11.8 Å². The molecule has 1 saturated heterocycles. The average molecular weight is 144 g/mol. The van der Waals surface area contributed by atoms with Crippen molar-refractivity contribution in [2.75, 3.05) is 0 Å². The van der Waals surface area contributed by atoms with Crippen LogP contribution in [-0.2, 0) is 0 Å². The van der Waals surface area contributed by atoms with Gasteiger partial charge in [-0.15, -0.1) is 11.8 Å². The molecular formula is C8H16S. The zero-order chi connectivity index (χ0) is 7.12. The predicted molar refractivity (Wildman–Crippen MR) is 45.0 cm³/mol. The third-order valence-electron chi connectivity index (χ3n) is 1.88. The maximum absolute atomic E-state index is 2.34. The molecule has 0 spiro atoms. The van der Waals surface area contributed by atoms with E-state index in [-0.39, 0.29) is 0 Å². The van der Waals surface area contributed by atoms with Crippen LogP contribution in [0.4, 0.5) is 0 Å². The molecule has 0 N–H and O–H groups in total. The Bertz CT molecular complexity index is 99.7. The Kier molecular flexibility index (Phi) is 1.59. The van der Waals surface area contributed by atoms with Gasteiger partial charge in [0.1, 0.15) is 0 Å². The first-order valence-corrected chi connectivity index (χ1v) is 4.43. The molecule has 0 unspecified atom stereocenters. The number of hydrogen-bond donors (Lipinski definition) is 0. The Balaban J connectivity index is 2.58. The third-order valence-corrected chi connectivity index (χ3v) is 3.40. The van der Waals surface area contributed by atoms with Crippen molar-refractivity contribution in [3.63, 3.8) is 0 Å². The van der Waals surface area contributed by atoms with Gasteiger partial charge in [0.25, 0.3) is 0 Å². The molecule has 0 aromatic heterocycles. The van der Waals surface area contributed by atoms with Gasteiger partial charge in [-0.25, -0.2) is 0 Å². The fourth-order valence-electron chi connectivity index (χ4n) is 1.45. The van der Waals surface area contributed by atoms with Gasteiger partial charge in [-0.05, 0) is 12.8 Å². The van der Waals surface area contributed by atoms with Gasteiger partial charge in [-0.2, -0.15) is 0 Å². The third kappa shape index (κ3) is 1.89. The summed E-state index contributed by atoms with van der Waals surface area (Å²) in [6.45, 7) is 9.36. The molecule has 9 heavy (non-hydrogen) atoms.